The van der Waals surface area contributed by atoms with Gasteiger partial charge < -0.3 is 0 Å². The summed E-state index contributed by atoms with van der Waals surface area (Å²) in [5.41, 5.74) is 2.15. The van der Waals surface area contributed by atoms with Crippen LogP contribution in [0.15, 0.2) is 47.7 Å². The van der Waals surface area contributed by atoms with Crippen molar-refractivity contribution in [3.05, 3.63) is 64.5 Å². The fourth-order valence-electron chi connectivity index (χ4n) is 1.92. The van der Waals surface area contributed by atoms with Gasteiger partial charge >= 0.3 is 0 Å². The van der Waals surface area contributed by atoms with Crippen LogP contribution in [0.1, 0.15) is 11.3 Å². The van der Waals surface area contributed by atoms with E-state index >= 15 is 0 Å². The lowest BCUT2D eigenvalue weighted by Gasteiger charge is -1.99. The minimum Gasteiger partial charge on any atom is -0.287 e. The molecule has 0 atom stereocenters. The Hall–Kier alpha value is -2.69. The molecule has 0 saturated carbocycles. The first-order valence-electron chi connectivity index (χ1n) is 5.87. The van der Waals surface area contributed by atoms with E-state index in [0.717, 1.165) is 5.56 Å². The van der Waals surface area contributed by atoms with E-state index in [1.54, 1.807) is 30.3 Å². The van der Waals surface area contributed by atoms with E-state index in [2.05, 4.69) is 9.97 Å². The van der Waals surface area contributed by atoms with Gasteiger partial charge in [0.05, 0.1) is 5.69 Å². The van der Waals surface area contributed by atoms with Gasteiger partial charge in [-0.2, -0.15) is 4.52 Å². The van der Waals surface area contributed by atoms with E-state index in [9.17, 15) is 4.79 Å². The molecule has 5 heteroatoms. The molecule has 3 rings (SSSR count). The normalized spacial score (nSPS) is 11.4. The third-order valence-electron chi connectivity index (χ3n) is 2.83. The molecule has 19 heavy (non-hydrogen) atoms. The molecule has 0 N–H and O–H groups in total. The van der Waals surface area contributed by atoms with E-state index in [-0.39, 0.29) is 5.56 Å². The zero-order valence-corrected chi connectivity index (χ0v) is 10.4. The topological polar surface area (TPSA) is 52.2 Å². The van der Waals surface area contributed by atoms with E-state index < -0.39 is 0 Å². The molecular formula is C14H12N4O. The fourth-order valence-corrected chi connectivity index (χ4v) is 1.92. The highest BCUT2D eigenvalue weighted by Gasteiger charge is 2.02. The predicted molar refractivity (Wildman–Crippen MR) is 73.6 cm³/mol. The summed E-state index contributed by atoms with van der Waals surface area (Å²) in [6.45, 7) is 0. The Morgan fingerprint density at radius 3 is 2.95 bits per heavy atom. The Balaban J connectivity index is 2.03. The second-order valence-electron chi connectivity index (χ2n) is 4.20. The number of aryl methyl sites for hydroxylation is 1. The average molecular weight is 252 g/mol. The minimum absolute atomic E-state index is 0.0941. The van der Waals surface area contributed by atoms with E-state index in [1.165, 1.54) is 10.6 Å². The van der Waals surface area contributed by atoms with Gasteiger partial charge in [-0.05, 0) is 17.7 Å². The van der Waals surface area contributed by atoms with Crippen LogP contribution < -0.4 is 5.56 Å². The molecule has 0 unspecified atom stereocenters. The molecule has 0 amide bonds. The van der Waals surface area contributed by atoms with Crippen molar-refractivity contribution in [1.29, 1.82) is 0 Å². The summed E-state index contributed by atoms with van der Waals surface area (Å²) in [4.78, 5) is 20.4. The maximum Gasteiger partial charge on any atom is 0.273 e. The summed E-state index contributed by atoms with van der Waals surface area (Å²) in [7, 11) is 1.81. The van der Waals surface area contributed by atoms with Crippen LogP contribution in [0.5, 0.6) is 0 Å². The standard InChI is InChI=1S/C14H12N4O/c1-17-8-6-13-16-12(9-14(19)18(13)17)5-4-11-3-2-7-15-10-11/h2-10H,1H3. The van der Waals surface area contributed by atoms with Crippen LogP contribution in [-0.2, 0) is 7.05 Å². The fraction of sp³-hybridized carbons (Fsp3) is 0.0714. The van der Waals surface area contributed by atoms with Crippen molar-refractivity contribution in [3.8, 4) is 0 Å². The summed E-state index contributed by atoms with van der Waals surface area (Å²) in [6.07, 6.45) is 8.97. The quantitative estimate of drug-likeness (QED) is 0.696. The van der Waals surface area contributed by atoms with Gasteiger partial charge in [0.1, 0.15) is 0 Å². The van der Waals surface area contributed by atoms with Crippen molar-refractivity contribution in [3.63, 3.8) is 0 Å². The van der Waals surface area contributed by atoms with Crippen LogP contribution in [0.4, 0.5) is 0 Å². The lowest BCUT2D eigenvalue weighted by atomic mass is 10.2. The van der Waals surface area contributed by atoms with Crippen LogP contribution in [0.25, 0.3) is 17.8 Å². The zero-order valence-electron chi connectivity index (χ0n) is 10.4. The number of fused-ring (bicyclic) bond motifs is 1. The molecule has 0 saturated heterocycles. The molecular weight excluding hydrogens is 240 g/mol. The number of rotatable bonds is 2. The van der Waals surface area contributed by atoms with Gasteiger partial charge in [0.2, 0.25) is 0 Å². The van der Waals surface area contributed by atoms with Gasteiger partial charge in [-0.15, -0.1) is 0 Å². The number of hydrogen-bond donors (Lipinski definition) is 0. The van der Waals surface area contributed by atoms with Crippen LogP contribution in [-0.4, -0.2) is 19.2 Å². The van der Waals surface area contributed by atoms with Gasteiger partial charge in [-0.1, -0.05) is 12.1 Å². The predicted octanol–water partition coefficient (Wildman–Crippen LogP) is 1.60. The Morgan fingerprint density at radius 1 is 1.26 bits per heavy atom. The van der Waals surface area contributed by atoms with Gasteiger partial charge in [0.25, 0.3) is 5.56 Å². The smallest absolute Gasteiger partial charge is 0.273 e. The lowest BCUT2D eigenvalue weighted by Crippen LogP contribution is -2.18. The molecule has 94 valence electrons. The van der Waals surface area contributed by atoms with Crippen molar-refractivity contribution in [2.75, 3.05) is 0 Å². The SMILES string of the molecule is Cn1ccc2nc(C=Cc3cccnc3)cc(=O)n21. The van der Waals surface area contributed by atoms with Gasteiger partial charge in [0, 0.05) is 37.8 Å². The van der Waals surface area contributed by atoms with Gasteiger partial charge in [0.15, 0.2) is 5.65 Å². The van der Waals surface area contributed by atoms with Crippen molar-refractivity contribution in [1.82, 2.24) is 19.2 Å². The van der Waals surface area contributed by atoms with Crippen LogP contribution >= 0.6 is 0 Å². The number of hydrogen-bond acceptors (Lipinski definition) is 3. The summed E-state index contributed by atoms with van der Waals surface area (Å²) >= 11 is 0. The van der Waals surface area contributed by atoms with Crippen molar-refractivity contribution in [2.45, 2.75) is 0 Å². The Kier molecular flexibility index (Phi) is 2.72. The van der Waals surface area contributed by atoms with Crippen LogP contribution in [0.3, 0.4) is 0 Å². The number of nitrogens with zero attached hydrogens (tertiary/aromatic N) is 4. The largest absolute Gasteiger partial charge is 0.287 e. The minimum atomic E-state index is -0.0941. The van der Waals surface area contributed by atoms with E-state index in [4.69, 9.17) is 0 Å². The summed E-state index contributed by atoms with van der Waals surface area (Å²) in [5, 5.41) is 0. The average Bonchev–Trinajstić information content (AvgIpc) is 2.80. The number of aromatic nitrogens is 4. The van der Waals surface area contributed by atoms with Crippen LogP contribution in [0.2, 0.25) is 0 Å². The Labute approximate surface area is 109 Å². The molecule has 3 aromatic rings. The van der Waals surface area contributed by atoms with Gasteiger partial charge in [-0.3, -0.25) is 14.5 Å². The molecule has 0 aliphatic carbocycles. The molecule has 0 spiro atoms. The third-order valence-corrected chi connectivity index (χ3v) is 2.83. The maximum atomic E-state index is 11.9. The van der Waals surface area contributed by atoms with E-state index in [0.29, 0.717) is 11.3 Å². The highest BCUT2D eigenvalue weighted by Crippen LogP contribution is 2.05. The Morgan fingerprint density at radius 2 is 2.16 bits per heavy atom. The zero-order chi connectivity index (χ0) is 13.2. The van der Waals surface area contributed by atoms with Gasteiger partial charge in [-0.25, -0.2) is 4.98 Å². The molecule has 5 nitrogen and oxygen atoms in total. The third kappa shape index (κ3) is 2.18. The first-order valence-corrected chi connectivity index (χ1v) is 5.87. The maximum absolute atomic E-state index is 11.9. The molecule has 0 aromatic carbocycles. The van der Waals surface area contributed by atoms with Crippen molar-refractivity contribution < 1.29 is 0 Å². The number of pyridine rings is 1. The second-order valence-corrected chi connectivity index (χ2v) is 4.20. The first kappa shape index (κ1) is 11.4. The molecule has 0 bridgehead atoms. The molecule has 0 aliphatic heterocycles. The monoisotopic (exact) mass is 252 g/mol. The first-order chi connectivity index (χ1) is 9.24. The molecule has 0 radical (unpaired) electrons. The van der Waals surface area contributed by atoms with Crippen molar-refractivity contribution >= 4 is 17.8 Å². The summed E-state index contributed by atoms with van der Waals surface area (Å²) in [6, 6.07) is 7.13. The second kappa shape index (κ2) is 4.53. The van der Waals surface area contributed by atoms with E-state index in [1.807, 2.05) is 30.4 Å². The summed E-state index contributed by atoms with van der Waals surface area (Å²) < 4.78 is 3.22. The molecule has 3 aromatic heterocycles. The molecule has 0 aliphatic rings. The van der Waals surface area contributed by atoms with Crippen LogP contribution in [0, 0.1) is 0 Å². The lowest BCUT2D eigenvalue weighted by molar-refractivity contribution is 0.680. The highest BCUT2D eigenvalue weighted by atomic mass is 16.1. The highest BCUT2D eigenvalue weighted by molar-refractivity contribution is 5.68. The molecule has 3 heterocycles. The van der Waals surface area contributed by atoms with Crippen molar-refractivity contribution in [2.24, 2.45) is 7.05 Å². The Bertz CT molecular complexity index is 799. The summed E-state index contributed by atoms with van der Waals surface area (Å²) in [5.74, 6) is 0. The molecule has 0 fully saturated rings.